The lowest BCUT2D eigenvalue weighted by atomic mass is 10.1. The highest BCUT2D eigenvalue weighted by Crippen LogP contribution is 2.26. The molecule has 126 valence electrons. The van der Waals surface area contributed by atoms with Crippen LogP contribution in [0.3, 0.4) is 0 Å². The predicted octanol–water partition coefficient (Wildman–Crippen LogP) is 2.17. The van der Waals surface area contributed by atoms with Gasteiger partial charge in [0.1, 0.15) is 6.04 Å². The highest BCUT2D eigenvalue weighted by Gasteiger charge is 2.42. The molecule has 1 aliphatic rings. The van der Waals surface area contributed by atoms with E-state index in [2.05, 4.69) is 11.9 Å². The van der Waals surface area contributed by atoms with E-state index in [1.54, 1.807) is 13.0 Å². The second-order valence-electron chi connectivity index (χ2n) is 5.27. The third kappa shape index (κ3) is 4.33. The minimum Gasteiger partial charge on any atom is -0.465 e. The summed E-state index contributed by atoms with van der Waals surface area (Å²) in [6.45, 7) is 6.89. The average Bonchev–Trinajstić information content (AvgIpc) is 3.28. The number of halogens is 3. The Hall–Kier alpha value is -1.86. The molecular formula is C16H19F3N2O2. The summed E-state index contributed by atoms with van der Waals surface area (Å²) in [6, 6.07) is 1.12. The van der Waals surface area contributed by atoms with Crippen molar-refractivity contribution >= 4 is 5.97 Å². The lowest BCUT2D eigenvalue weighted by Gasteiger charge is -2.20. The standard InChI is InChI=1S/C16H19F3N2O2/c1-3-5-20-13(8-21-9-14(21)16(22)23-4-2)10-6-11(17)15(19)12(18)7-10/h3,6-7,13-14,20H,1,4-5,8-9H2,2H3/t13-,14?,21?/m0/s1. The minimum absolute atomic E-state index is 0.276. The summed E-state index contributed by atoms with van der Waals surface area (Å²) >= 11 is 0. The maximum Gasteiger partial charge on any atom is 0.324 e. The van der Waals surface area contributed by atoms with Gasteiger partial charge in [-0.05, 0) is 24.6 Å². The van der Waals surface area contributed by atoms with Crippen LogP contribution in [0.4, 0.5) is 13.2 Å². The summed E-state index contributed by atoms with van der Waals surface area (Å²) in [5, 5.41) is 3.05. The Kier molecular flexibility index (Phi) is 5.79. The number of carbonyl (C=O) groups is 1. The number of ether oxygens (including phenoxy) is 1. The molecule has 1 fully saturated rings. The number of carbonyl (C=O) groups excluding carboxylic acids is 1. The van der Waals surface area contributed by atoms with Gasteiger partial charge in [-0.2, -0.15) is 0 Å². The van der Waals surface area contributed by atoms with E-state index in [0.717, 1.165) is 12.1 Å². The fraction of sp³-hybridized carbons (Fsp3) is 0.438. The van der Waals surface area contributed by atoms with E-state index < -0.39 is 23.5 Å². The topological polar surface area (TPSA) is 41.3 Å². The zero-order valence-corrected chi connectivity index (χ0v) is 12.8. The van der Waals surface area contributed by atoms with Crippen LogP contribution in [0, 0.1) is 17.5 Å². The molecule has 0 spiro atoms. The number of esters is 1. The van der Waals surface area contributed by atoms with Crippen molar-refractivity contribution in [3.63, 3.8) is 0 Å². The van der Waals surface area contributed by atoms with Gasteiger partial charge in [0.2, 0.25) is 0 Å². The molecule has 2 unspecified atom stereocenters. The van der Waals surface area contributed by atoms with Gasteiger partial charge in [0.05, 0.1) is 6.61 Å². The Morgan fingerprint density at radius 1 is 1.48 bits per heavy atom. The lowest BCUT2D eigenvalue weighted by molar-refractivity contribution is -0.143. The summed E-state index contributed by atoms with van der Waals surface area (Å²) in [5.41, 5.74) is 0.276. The number of nitrogens with zero attached hydrogens (tertiary/aromatic N) is 1. The molecule has 0 saturated carbocycles. The van der Waals surface area contributed by atoms with Gasteiger partial charge in [-0.25, -0.2) is 13.2 Å². The fourth-order valence-electron chi connectivity index (χ4n) is 2.36. The van der Waals surface area contributed by atoms with Gasteiger partial charge < -0.3 is 10.1 Å². The summed E-state index contributed by atoms with van der Waals surface area (Å²) < 4.78 is 44.9. The molecule has 1 aromatic rings. The number of hydrogen-bond donors (Lipinski definition) is 1. The molecule has 1 heterocycles. The van der Waals surface area contributed by atoms with Crippen molar-refractivity contribution in [2.45, 2.75) is 19.0 Å². The zero-order chi connectivity index (χ0) is 17.0. The normalized spacial score (nSPS) is 20.9. The van der Waals surface area contributed by atoms with Gasteiger partial charge in [-0.1, -0.05) is 6.08 Å². The van der Waals surface area contributed by atoms with Crippen molar-refractivity contribution in [2.75, 3.05) is 26.2 Å². The van der Waals surface area contributed by atoms with Crippen molar-refractivity contribution in [3.8, 4) is 0 Å². The Labute approximate surface area is 132 Å². The van der Waals surface area contributed by atoms with E-state index in [-0.39, 0.29) is 17.6 Å². The van der Waals surface area contributed by atoms with E-state index in [4.69, 9.17) is 4.74 Å². The molecule has 23 heavy (non-hydrogen) atoms. The molecule has 1 N–H and O–H groups in total. The maximum absolute atomic E-state index is 13.4. The van der Waals surface area contributed by atoms with Crippen molar-refractivity contribution in [1.29, 1.82) is 0 Å². The minimum atomic E-state index is -1.49. The average molecular weight is 328 g/mol. The van der Waals surface area contributed by atoms with Gasteiger partial charge in [-0.3, -0.25) is 9.69 Å². The van der Waals surface area contributed by atoms with Crippen LogP contribution in [0.1, 0.15) is 18.5 Å². The third-order valence-electron chi connectivity index (χ3n) is 3.61. The molecule has 0 aromatic heterocycles. The summed E-state index contributed by atoms with van der Waals surface area (Å²) in [7, 11) is 0. The van der Waals surface area contributed by atoms with Crippen LogP contribution in [-0.4, -0.2) is 43.2 Å². The highest BCUT2D eigenvalue weighted by atomic mass is 19.2. The number of hydrogen-bond acceptors (Lipinski definition) is 4. The van der Waals surface area contributed by atoms with Crippen LogP contribution >= 0.6 is 0 Å². The molecular weight excluding hydrogens is 309 g/mol. The summed E-state index contributed by atoms with van der Waals surface area (Å²) in [6.07, 6.45) is 1.61. The van der Waals surface area contributed by atoms with E-state index in [1.807, 2.05) is 4.90 Å². The second-order valence-corrected chi connectivity index (χ2v) is 5.27. The molecule has 1 aliphatic heterocycles. The quantitative estimate of drug-likeness (QED) is 0.344. The molecule has 0 bridgehead atoms. The molecule has 3 atom stereocenters. The van der Waals surface area contributed by atoms with E-state index in [1.165, 1.54) is 0 Å². The van der Waals surface area contributed by atoms with Crippen LogP contribution in [0.15, 0.2) is 24.8 Å². The molecule has 1 saturated heterocycles. The maximum atomic E-state index is 13.4. The number of nitrogens with one attached hydrogen (secondary N) is 1. The van der Waals surface area contributed by atoms with Crippen molar-refractivity contribution in [3.05, 3.63) is 47.8 Å². The number of benzene rings is 1. The largest absolute Gasteiger partial charge is 0.465 e. The first-order chi connectivity index (χ1) is 11.0. The molecule has 1 aromatic carbocycles. The van der Waals surface area contributed by atoms with Crippen LogP contribution < -0.4 is 5.32 Å². The first-order valence-corrected chi connectivity index (χ1v) is 7.37. The van der Waals surface area contributed by atoms with E-state index in [9.17, 15) is 18.0 Å². The molecule has 7 heteroatoms. The molecule has 0 amide bonds. The molecule has 2 rings (SSSR count). The predicted molar refractivity (Wildman–Crippen MR) is 79.3 cm³/mol. The zero-order valence-electron chi connectivity index (χ0n) is 12.8. The lowest BCUT2D eigenvalue weighted by Crippen LogP contribution is -2.30. The van der Waals surface area contributed by atoms with Gasteiger partial charge in [-0.15, -0.1) is 6.58 Å². The van der Waals surface area contributed by atoms with E-state index >= 15 is 0 Å². The molecule has 0 radical (unpaired) electrons. The summed E-state index contributed by atoms with van der Waals surface area (Å²) in [5.74, 6) is -4.28. The first kappa shape index (κ1) is 17.5. The smallest absolute Gasteiger partial charge is 0.324 e. The monoisotopic (exact) mass is 328 g/mol. The van der Waals surface area contributed by atoms with Crippen LogP contribution in [0.5, 0.6) is 0 Å². The van der Waals surface area contributed by atoms with Gasteiger partial charge >= 0.3 is 5.97 Å². The Morgan fingerprint density at radius 3 is 2.70 bits per heavy atom. The van der Waals surface area contributed by atoms with Crippen molar-refractivity contribution in [2.24, 2.45) is 0 Å². The Morgan fingerprint density at radius 2 is 2.13 bits per heavy atom. The van der Waals surface area contributed by atoms with Gasteiger partial charge in [0.15, 0.2) is 17.5 Å². The van der Waals surface area contributed by atoms with Crippen LogP contribution in [-0.2, 0) is 9.53 Å². The molecule has 0 aliphatic carbocycles. The van der Waals surface area contributed by atoms with Crippen molar-refractivity contribution < 1.29 is 22.7 Å². The fourth-order valence-corrected chi connectivity index (χ4v) is 2.36. The Bertz CT molecular complexity index is 572. The van der Waals surface area contributed by atoms with Gasteiger partial charge in [0.25, 0.3) is 0 Å². The molecule has 4 nitrogen and oxygen atoms in total. The van der Waals surface area contributed by atoms with Gasteiger partial charge in [0, 0.05) is 25.7 Å². The van der Waals surface area contributed by atoms with E-state index in [0.29, 0.717) is 26.2 Å². The first-order valence-electron chi connectivity index (χ1n) is 7.37. The number of rotatable bonds is 8. The van der Waals surface area contributed by atoms with Crippen molar-refractivity contribution in [1.82, 2.24) is 10.2 Å². The third-order valence-corrected chi connectivity index (χ3v) is 3.61. The van der Waals surface area contributed by atoms with Crippen LogP contribution in [0.25, 0.3) is 0 Å². The SMILES string of the molecule is C=CCN[C@@H](CN1CC1C(=O)OCC)c1cc(F)c(F)c(F)c1. The Balaban J connectivity index is 2.09. The summed E-state index contributed by atoms with van der Waals surface area (Å²) in [4.78, 5) is 13.4. The second kappa shape index (κ2) is 7.61. The highest BCUT2D eigenvalue weighted by molar-refractivity contribution is 5.79. The van der Waals surface area contributed by atoms with Crippen LogP contribution in [0.2, 0.25) is 0 Å².